The fourth-order valence-electron chi connectivity index (χ4n) is 1.85. The lowest BCUT2D eigenvalue weighted by molar-refractivity contribution is 0.724. The summed E-state index contributed by atoms with van der Waals surface area (Å²) in [4.78, 5) is 0. The van der Waals surface area contributed by atoms with E-state index in [2.05, 4.69) is 18.3 Å². The summed E-state index contributed by atoms with van der Waals surface area (Å²) in [5.41, 5.74) is 1.52. The van der Waals surface area contributed by atoms with Gasteiger partial charge in [-0.3, -0.25) is 0 Å². The zero-order chi connectivity index (χ0) is 11.5. The van der Waals surface area contributed by atoms with E-state index in [1.54, 1.807) is 12.1 Å². The third-order valence-corrected chi connectivity index (χ3v) is 4.38. The third kappa shape index (κ3) is 2.45. The lowest BCUT2D eigenvalue weighted by atomic mass is 10.1. The molecule has 0 radical (unpaired) electrons. The molecule has 0 aliphatic carbocycles. The molecule has 2 unspecified atom stereocenters. The van der Waals surface area contributed by atoms with Crippen LogP contribution in [0, 0.1) is 11.3 Å². The lowest BCUT2D eigenvalue weighted by Gasteiger charge is -2.18. The van der Waals surface area contributed by atoms with Crippen LogP contribution in [0.1, 0.15) is 18.9 Å². The van der Waals surface area contributed by atoms with E-state index >= 15 is 0 Å². The molecule has 1 heterocycles. The molecule has 0 spiro atoms. The van der Waals surface area contributed by atoms with Crippen LogP contribution in [-0.2, 0) is 0 Å². The maximum Gasteiger partial charge on any atom is 0.101 e. The Morgan fingerprint density at radius 1 is 1.56 bits per heavy atom. The number of rotatable bonds is 2. The van der Waals surface area contributed by atoms with Crippen molar-refractivity contribution in [1.29, 1.82) is 5.26 Å². The Balaban J connectivity index is 2.20. The van der Waals surface area contributed by atoms with E-state index < -0.39 is 0 Å². The normalized spacial score (nSPS) is 24.1. The maximum atomic E-state index is 9.01. The largest absolute Gasteiger partial charge is 0.380 e. The zero-order valence-corrected chi connectivity index (χ0v) is 10.6. The second-order valence-corrected chi connectivity index (χ2v) is 5.84. The van der Waals surface area contributed by atoms with Crippen LogP contribution >= 0.6 is 23.4 Å². The summed E-state index contributed by atoms with van der Waals surface area (Å²) in [5.74, 6) is 1.18. The van der Waals surface area contributed by atoms with E-state index in [9.17, 15) is 0 Å². The van der Waals surface area contributed by atoms with Gasteiger partial charge >= 0.3 is 0 Å². The Morgan fingerprint density at radius 3 is 3.00 bits per heavy atom. The van der Waals surface area contributed by atoms with Crippen LogP contribution in [0.4, 0.5) is 5.69 Å². The summed E-state index contributed by atoms with van der Waals surface area (Å²) in [6.07, 6.45) is 1.14. The Labute approximate surface area is 105 Å². The highest BCUT2D eigenvalue weighted by Crippen LogP contribution is 2.30. The molecule has 1 fully saturated rings. The number of nitrogens with zero attached hydrogens (tertiary/aromatic N) is 1. The molecule has 4 heteroatoms. The molecule has 1 aliphatic heterocycles. The molecule has 0 saturated carbocycles. The van der Waals surface area contributed by atoms with E-state index in [0.717, 1.165) is 12.1 Å². The van der Waals surface area contributed by atoms with Gasteiger partial charge in [-0.1, -0.05) is 18.5 Å². The third-order valence-electron chi connectivity index (χ3n) is 2.82. The second-order valence-electron chi connectivity index (χ2n) is 3.92. The Morgan fingerprint density at radius 2 is 2.38 bits per heavy atom. The Kier molecular flexibility index (Phi) is 3.63. The number of hydrogen-bond acceptors (Lipinski definition) is 3. The van der Waals surface area contributed by atoms with Crippen molar-refractivity contribution < 1.29 is 0 Å². The quantitative estimate of drug-likeness (QED) is 0.875. The van der Waals surface area contributed by atoms with E-state index in [1.807, 2.05) is 17.8 Å². The average molecular weight is 253 g/mol. The van der Waals surface area contributed by atoms with Crippen molar-refractivity contribution in [2.45, 2.75) is 24.6 Å². The van der Waals surface area contributed by atoms with Crippen LogP contribution in [0.15, 0.2) is 18.2 Å². The number of anilines is 1. The Hall–Kier alpha value is -0.850. The standard InChI is InChI=1S/C12H13ClN2S/c1-8-11(4-5-16-8)15-12-6-10(13)3-2-9(12)7-14/h2-3,6,8,11,15H,4-5H2,1H3. The number of nitriles is 1. The first-order valence-electron chi connectivity index (χ1n) is 5.28. The fourth-order valence-corrected chi connectivity index (χ4v) is 3.22. The summed E-state index contributed by atoms with van der Waals surface area (Å²) >= 11 is 7.90. The molecule has 84 valence electrons. The van der Waals surface area contributed by atoms with E-state index in [0.29, 0.717) is 21.9 Å². The summed E-state index contributed by atoms with van der Waals surface area (Å²) in [5, 5.41) is 13.7. The van der Waals surface area contributed by atoms with Crippen LogP contribution in [0.5, 0.6) is 0 Å². The van der Waals surface area contributed by atoms with Gasteiger partial charge in [-0.2, -0.15) is 17.0 Å². The van der Waals surface area contributed by atoms with Gasteiger partial charge in [0.25, 0.3) is 0 Å². The second kappa shape index (κ2) is 4.99. The predicted molar refractivity (Wildman–Crippen MR) is 70.1 cm³/mol. The first-order chi connectivity index (χ1) is 7.70. The van der Waals surface area contributed by atoms with Crippen LogP contribution in [0.25, 0.3) is 0 Å². The van der Waals surface area contributed by atoms with Gasteiger partial charge in [0.05, 0.1) is 11.3 Å². The van der Waals surface area contributed by atoms with Crippen molar-refractivity contribution in [3.8, 4) is 6.07 Å². The molecule has 1 aromatic carbocycles. The van der Waals surface area contributed by atoms with Crippen molar-refractivity contribution in [2.24, 2.45) is 0 Å². The molecule has 0 aromatic heterocycles. The first kappa shape index (κ1) is 11.6. The summed E-state index contributed by atoms with van der Waals surface area (Å²) < 4.78 is 0. The van der Waals surface area contributed by atoms with Gasteiger partial charge in [-0.05, 0) is 30.4 Å². The van der Waals surface area contributed by atoms with Crippen LogP contribution in [0.3, 0.4) is 0 Å². The predicted octanol–water partition coefficient (Wildman–Crippen LogP) is 3.52. The molecule has 1 aromatic rings. The molecule has 1 aliphatic rings. The molecule has 2 atom stereocenters. The number of thioether (sulfide) groups is 1. The summed E-state index contributed by atoms with van der Waals surface area (Å²) in [7, 11) is 0. The van der Waals surface area contributed by atoms with Gasteiger partial charge in [0.1, 0.15) is 6.07 Å². The van der Waals surface area contributed by atoms with Crippen molar-refractivity contribution in [2.75, 3.05) is 11.1 Å². The van der Waals surface area contributed by atoms with Gasteiger partial charge in [0.15, 0.2) is 0 Å². The molecule has 1 saturated heterocycles. The van der Waals surface area contributed by atoms with E-state index in [1.165, 1.54) is 5.75 Å². The molecule has 16 heavy (non-hydrogen) atoms. The number of benzene rings is 1. The topological polar surface area (TPSA) is 35.8 Å². The number of hydrogen-bond donors (Lipinski definition) is 1. The number of halogens is 1. The molecular weight excluding hydrogens is 240 g/mol. The first-order valence-corrected chi connectivity index (χ1v) is 6.71. The maximum absolute atomic E-state index is 9.01. The summed E-state index contributed by atoms with van der Waals surface area (Å²) in [6.45, 7) is 2.21. The van der Waals surface area contributed by atoms with Gasteiger partial charge in [0.2, 0.25) is 0 Å². The Bertz CT molecular complexity index is 428. The number of nitrogens with one attached hydrogen (secondary N) is 1. The summed E-state index contributed by atoms with van der Waals surface area (Å²) in [6, 6.07) is 7.96. The van der Waals surface area contributed by atoms with Crippen LogP contribution < -0.4 is 5.32 Å². The van der Waals surface area contributed by atoms with Crippen molar-refractivity contribution in [3.05, 3.63) is 28.8 Å². The van der Waals surface area contributed by atoms with Crippen LogP contribution in [0.2, 0.25) is 5.02 Å². The molecule has 1 N–H and O–H groups in total. The molecule has 2 nitrogen and oxygen atoms in total. The van der Waals surface area contributed by atoms with Crippen molar-refractivity contribution in [3.63, 3.8) is 0 Å². The zero-order valence-electron chi connectivity index (χ0n) is 9.03. The molecule has 2 rings (SSSR count). The SMILES string of the molecule is CC1SCCC1Nc1cc(Cl)ccc1C#N. The van der Waals surface area contributed by atoms with Gasteiger partial charge in [-0.25, -0.2) is 0 Å². The smallest absolute Gasteiger partial charge is 0.101 e. The lowest BCUT2D eigenvalue weighted by Crippen LogP contribution is -2.25. The van der Waals surface area contributed by atoms with Gasteiger partial charge in [0, 0.05) is 16.3 Å². The van der Waals surface area contributed by atoms with Gasteiger partial charge < -0.3 is 5.32 Å². The van der Waals surface area contributed by atoms with E-state index in [4.69, 9.17) is 16.9 Å². The minimum absolute atomic E-state index is 0.440. The minimum Gasteiger partial charge on any atom is -0.380 e. The molecular formula is C12H13ClN2S. The monoisotopic (exact) mass is 252 g/mol. The van der Waals surface area contributed by atoms with Crippen molar-refractivity contribution in [1.82, 2.24) is 0 Å². The highest BCUT2D eigenvalue weighted by Gasteiger charge is 2.24. The van der Waals surface area contributed by atoms with E-state index in [-0.39, 0.29) is 0 Å². The average Bonchev–Trinajstić information content (AvgIpc) is 2.65. The fraction of sp³-hybridized carbons (Fsp3) is 0.417. The molecule has 0 amide bonds. The van der Waals surface area contributed by atoms with Crippen molar-refractivity contribution >= 4 is 29.1 Å². The minimum atomic E-state index is 0.440. The van der Waals surface area contributed by atoms with Gasteiger partial charge in [-0.15, -0.1) is 0 Å². The highest BCUT2D eigenvalue weighted by atomic mass is 35.5. The molecule has 0 bridgehead atoms. The van der Waals surface area contributed by atoms with Crippen LogP contribution in [-0.4, -0.2) is 17.0 Å². The highest BCUT2D eigenvalue weighted by molar-refractivity contribution is 8.00.